The number of carboxylic acids is 1. The molecule has 8 nitrogen and oxygen atoms in total. The van der Waals surface area contributed by atoms with Gasteiger partial charge in [-0.25, -0.2) is 0 Å². The summed E-state index contributed by atoms with van der Waals surface area (Å²) in [5.74, 6) is -1.94. The maximum atomic E-state index is 11.5. The monoisotopic (exact) mass is 295 g/mol. The van der Waals surface area contributed by atoms with Gasteiger partial charge in [-0.1, -0.05) is 0 Å². The van der Waals surface area contributed by atoms with Crippen LogP contribution in [0.4, 0.5) is 11.4 Å². The number of benzene rings is 1. The van der Waals surface area contributed by atoms with Gasteiger partial charge in [-0.05, 0) is 26.8 Å². The van der Waals surface area contributed by atoms with E-state index in [0.717, 1.165) is 6.07 Å². The lowest BCUT2D eigenvalue weighted by atomic mass is 10.0. The molecule has 21 heavy (non-hydrogen) atoms. The fourth-order valence-electron chi connectivity index (χ4n) is 1.89. The number of nitro benzene ring substituents is 1. The highest BCUT2D eigenvalue weighted by Crippen LogP contribution is 2.30. The molecule has 0 aliphatic rings. The summed E-state index contributed by atoms with van der Waals surface area (Å²) in [4.78, 5) is 34.2. The summed E-state index contributed by atoms with van der Waals surface area (Å²) < 4.78 is 0. The van der Waals surface area contributed by atoms with Crippen LogP contribution in [0.2, 0.25) is 0 Å². The van der Waals surface area contributed by atoms with E-state index in [0.29, 0.717) is 0 Å². The van der Waals surface area contributed by atoms with E-state index in [-0.39, 0.29) is 23.5 Å². The lowest BCUT2D eigenvalue weighted by Gasteiger charge is -2.37. The molecule has 0 bridgehead atoms. The fraction of sp³-hybridized carbons (Fsp3) is 0.385. The molecule has 3 N–H and O–H groups in total. The largest absolute Gasteiger partial charge is 0.480 e. The molecular weight excluding hydrogens is 278 g/mol. The number of primary amides is 1. The van der Waals surface area contributed by atoms with Crippen molar-refractivity contribution in [2.45, 2.75) is 26.3 Å². The van der Waals surface area contributed by atoms with E-state index < -0.39 is 22.3 Å². The van der Waals surface area contributed by atoms with Gasteiger partial charge in [0.2, 0.25) is 0 Å². The van der Waals surface area contributed by atoms with Gasteiger partial charge in [0.1, 0.15) is 6.54 Å². The molecule has 0 aliphatic carbocycles. The Morgan fingerprint density at radius 2 is 1.95 bits per heavy atom. The number of carbonyl (C=O) groups excluding carboxylic acids is 1. The number of amides is 1. The number of nitro groups is 1. The van der Waals surface area contributed by atoms with Gasteiger partial charge < -0.3 is 15.7 Å². The average Bonchev–Trinajstić information content (AvgIpc) is 2.33. The van der Waals surface area contributed by atoms with Crippen molar-refractivity contribution in [1.82, 2.24) is 0 Å². The van der Waals surface area contributed by atoms with E-state index in [1.165, 1.54) is 17.0 Å². The molecule has 1 amide bonds. The van der Waals surface area contributed by atoms with E-state index in [1.807, 2.05) is 0 Å². The maximum absolute atomic E-state index is 11.5. The third-order valence-electron chi connectivity index (χ3n) is 2.85. The van der Waals surface area contributed by atoms with Gasteiger partial charge in [0, 0.05) is 17.7 Å². The highest BCUT2D eigenvalue weighted by Gasteiger charge is 2.28. The Hall–Kier alpha value is -2.64. The number of anilines is 1. The van der Waals surface area contributed by atoms with Gasteiger partial charge in [-0.15, -0.1) is 0 Å². The second kappa shape index (κ2) is 5.78. The summed E-state index contributed by atoms with van der Waals surface area (Å²) in [6.07, 6.45) is 0. The highest BCUT2D eigenvalue weighted by molar-refractivity contribution is 6.00. The Kier molecular flexibility index (Phi) is 4.52. The molecule has 0 atom stereocenters. The molecule has 8 heteroatoms. The summed E-state index contributed by atoms with van der Waals surface area (Å²) in [5, 5.41) is 19.8. The van der Waals surface area contributed by atoms with Crippen LogP contribution in [0.15, 0.2) is 18.2 Å². The molecule has 0 spiro atoms. The first-order chi connectivity index (χ1) is 9.54. The number of nitrogens with two attached hydrogens (primary N) is 1. The Morgan fingerprint density at radius 1 is 1.38 bits per heavy atom. The van der Waals surface area contributed by atoms with E-state index >= 15 is 0 Å². The van der Waals surface area contributed by atoms with Gasteiger partial charge in [-0.3, -0.25) is 19.7 Å². The van der Waals surface area contributed by atoms with Crippen LogP contribution in [0, 0.1) is 10.1 Å². The van der Waals surface area contributed by atoms with Gasteiger partial charge in [0.25, 0.3) is 11.6 Å². The first-order valence-electron chi connectivity index (χ1n) is 6.11. The van der Waals surface area contributed by atoms with Crippen LogP contribution in [-0.4, -0.2) is 34.0 Å². The molecule has 0 aliphatic heterocycles. The van der Waals surface area contributed by atoms with E-state index in [2.05, 4.69) is 0 Å². The fourth-order valence-corrected chi connectivity index (χ4v) is 1.89. The molecule has 0 heterocycles. The smallest absolute Gasteiger partial charge is 0.323 e. The van der Waals surface area contributed by atoms with Crippen molar-refractivity contribution in [3.63, 3.8) is 0 Å². The van der Waals surface area contributed by atoms with Crippen molar-refractivity contribution in [2.24, 2.45) is 5.73 Å². The molecule has 0 saturated heterocycles. The molecule has 0 fully saturated rings. The molecule has 0 unspecified atom stereocenters. The lowest BCUT2D eigenvalue weighted by molar-refractivity contribution is -0.384. The number of hydrogen-bond donors (Lipinski definition) is 2. The first-order valence-corrected chi connectivity index (χ1v) is 6.11. The Labute approximate surface area is 121 Å². The topological polar surface area (TPSA) is 127 Å². The quantitative estimate of drug-likeness (QED) is 0.624. The minimum Gasteiger partial charge on any atom is -0.480 e. The van der Waals surface area contributed by atoms with Gasteiger partial charge in [0.05, 0.1) is 16.2 Å². The molecule has 1 aromatic rings. The molecule has 0 aromatic heterocycles. The van der Waals surface area contributed by atoms with Crippen molar-refractivity contribution < 1.29 is 19.6 Å². The second-order valence-electron chi connectivity index (χ2n) is 5.47. The molecule has 0 saturated carbocycles. The van der Waals surface area contributed by atoms with Crippen LogP contribution >= 0.6 is 0 Å². The number of carbonyl (C=O) groups is 2. The predicted molar refractivity (Wildman–Crippen MR) is 76.3 cm³/mol. The third kappa shape index (κ3) is 3.91. The lowest BCUT2D eigenvalue weighted by Crippen LogP contribution is -2.45. The summed E-state index contributed by atoms with van der Waals surface area (Å²) in [7, 11) is 0. The highest BCUT2D eigenvalue weighted by atomic mass is 16.6. The summed E-state index contributed by atoms with van der Waals surface area (Å²) in [5.41, 5.74) is 4.54. The number of rotatable bonds is 5. The maximum Gasteiger partial charge on any atom is 0.323 e. The third-order valence-corrected chi connectivity index (χ3v) is 2.85. The van der Waals surface area contributed by atoms with Crippen molar-refractivity contribution in [3.8, 4) is 0 Å². The van der Waals surface area contributed by atoms with E-state index in [1.54, 1.807) is 20.8 Å². The predicted octanol–water partition coefficient (Wildman–Crippen LogP) is 1.38. The van der Waals surface area contributed by atoms with Crippen molar-refractivity contribution in [3.05, 3.63) is 33.9 Å². The van der Waals surface area contributed by atoms with Crippen molar-refractivity contribution >= 4 is 23.3 Å². The molecule has 1 aromatic carbocycles. The van der Waals surface area contributed by atoms with Crippen LogP contribution in [-0.2, 0) is 4.79 Å². The van der Waals surface area contributed by atoms with E-state index in [9.17, 15) is 19.7 Å². The Bertz CT molecular complexity index is 592. The first kappa shape index (κ1) is 16.4. The van der Waals surface area contributed by atoms with E-state index in [4.69, 9.17) is 10.8 Å². The second-order valence-corrected chi connectivity index (χ2v) is 5.47. The number of aliphatic carboxylic acids is 1. The van der Waals surface area contributed by atoms with Crippen LogP contribution in [0.5, 0.6) is 0 Å². The minimum absolute atomic E-state index is 0.0830. The van der Waals surface area contributed by atoms with Crippen LogP contribution in [0.25, 0.3) is 0 Å². The Morgan fingerprint density at radius 3 is 2.33 bits per heavy atom. The standard InChI is InChI=1S/C13H17N3O5/c1-13(2,3)15(7-11(17)18)10-5-4-8(16(20)21)6-9(10)12(14)19/h4-6H,7H2,1-3H3,(H2,14,19)(H,17,18). The number of hydrogen-bond acceptors (Lipinski definition) is 5. The normalized spacial score (nSPS) is 11.0. The Balaban J connectivity index is 3.47. The number of nitrogens with zero attached hydrogens (tertiary/aromatic N) is 2. The zero-order chi connectivity index (χ0) is 16.4. The van der Waals surface area contributed by atoms with Crippen molar-refractivity contribution in [2.75, 3.05) is 11.4 Å². The van der Waals surface area contributed by atoms with Crippen LogP contribution < -0.4 is 10.6 Å². The summed E-state index contributed by atoms with van der Waals surface area (Å²) in [6, 6.07) is 3.60. The van der Waals surface area contributed by atoms with Crippen LogP contribution in [0.3, 0.4) is 0 Å². The molecule has 1 rings (SSSR count). The zero-order valence-electron chi connectivity index (χ0n) is 12.0. The summed E-state index contributed by atoms with van der Waals surface area (Å²) in [6.45, 7) is 4.94. The van der Waals surface area contributed by atoms with Crippen LogP contribution in [0.1, 0.15) is 31.1 Å². The molecule has 114 valence electrons. The number of carboxylic acid groups (broad SMARTS) is 1. The average molecular weight is 295 g/mol. The molecule has 0 radical (unpaired) electrons. The van der Waals surface area contributed by atoms with Gasteiger partial charge >= 0.3 is 5.97 Å². The summed E-state index contributed by atoms with van der Waals surface area (Å²) >= 11 is 0. The SMILES string of the molecule is CC(C)(C)N(CC(=O)O)c1ccc([N+](=O)[O-])cc1C(N)=O. The van der Waals surface area contributed by atoms with Gasteiger partial charge in [-0.2, -0.15) is 0 Å². The van der Waals surface area contributed by atoms with Gasteiger partial charge in [0.15, 0.2) is 0 Å². The minimum atomic E-state index is -1.08. The van der Waals surface area contributed by atoms with Crippen molar-refractivity contribution in [1.29, 1.82) is 0 Å². The zero-order valence-corrected chi connectivity index (χ0v) is 12.0. The molecular formula is C13H17N3O5. The number of non-ortho nitro benzene ring substituents is 1.